The first-order valence-corrected chi connectivity index (χ1v) is 9.19. The van der Waals surface area contributed by atoms with Gasteiger partial charge in [0.05, 0.1) is 12.0 Å². The Morgan fingerprint density at radius 1 is 1.12 bits per heavy atom. The van der Waals surface area contributed by atoms with Crippen molar-refractivity contribution in [1.82, 2.24) is 9.80 Å². The molecule has 0 radical (unpaired) electrons. The minimum Gasteiger partial charge on any atom is -0.342 e. The largest absolute Gasteiger partial charge is 0.342 e. The molecule has 0 aliphatic carbocycles. The molecule has 1 heterocycles. The maximum absolute atomic E-state index is 12.9. The number of amides is 2. The Morgan fingerprint density at radius 3 is 2.38 bits per heavy atom. The summed E-state index contributed by atoms with van der Waals surface area (Å²) in [6.07, 6.45) is 1.14. The second kappa shape index (κ2) is 8.17. The van der Waals surface area contributed by atoms with Gasteiger partial charge in [-0.25, -0.2) is 0 Å². The van der Waals surface area contributed by atoms with Crippen LogP contribution < -0.4 is 0 Å². The van der Waals surface area contributed by atoms with E-state index >= 15 is 0 Å². The van der Waals surface area contributed by atoms with Crippen LogP contribution in [0.3, 0.4) is 0 Å². The normalized spacial score (nSPS) is 18.0. The molecule has 0 aromatic heterocycles. The van der Waals surface area contributed by atoms with Gasteiger partial charge in [0.25, 0.3) is 0 Å². The number of carbonyl (C=O) groups excluding carboxylic acids is 2. The standard InChI is InChI=1S/C22H26N2O2/c1-17(19-11-7-4-8-12-19)23(2)22(26)20-15-21(25)24(16-20)14-13-18-9-5-3-6-10-18/h3-12,17,20H,13-16H2,1-2H3. The molecule has 0 saturated carbocycles. The molecule has 1 aliphatic heterocycles. The summed E-state index contributed by atoms with van der Waals surface area (Å²) in [7, 11) is 1.83. The third-order valence-corrected chi connectivity index (χ3v) is 5.29. The van der Waals surface area contributed by atoms with Crippen molar-refractivity contribution in [3.63, 3.8) is 0 Å². The molecule has 2 amide bonds. The molecule has 2 aromatic carbocycles. The lowest BCUT2D eigenvalue weighted by Crippen LogP contribution is -2.36. The number of benzene rings is 2. The quantitative estimate of drug-likeness (QED) is 0.802. The fourth-order valence-electron chi connectivity index (χ4n) is 3.50. The van der Waals surface area contributed by atoms with Crippen molar-refractivity contribution in [3.05, 3.63) is 71.8 Å². The highest BCUT2D eigenvalue weighted by Crippen LogP contribution is 2.25. The molecular weight excluding hydrogens is 324 g/mol. The molecule has 4 nitrogen and oxygen atoms in total. The van der Waals surface area contributed by atoms with E-state index in [1.807, 2.05) is 67.4 Å². The van der Waals surface area contributed by atoms with E-state index in [1.54, 1.807) is 4.90 Å². The van der Waals surface area contributed by atoms with Gasteiger partial charge in [-0.2, -0.15) is 0 Å². The molecule has 2 atom stereocenters. The Morgan fingerprint density at radius 2 is 1.73 bits per heavy atom. The van der Waals surface area contributed by atoms with Gasteiger partial charge in [-0.15, -0.1) is 0 Å². The van der Waals surface area contributed by atoms with E-state index in [-0.39, 0.29) is 23.8 Å². The van der Waals surface area contributed by atoms with Crippen LogP contribution >= 0.6 is 0 Å². The van der Waals surface area contributed by atoms with Crippen LogP contribution in [0.1, 0.15) is 30.5 Å². The lowest BCUT2D eigenvalue weighted by molar-refractivity contribution is -0.136. The van der Waals surface area contributed by atoms with E-state index in [2.05, 4.69) is 12.1 Å². The third kappa shape index (κ3) is 4.13. The Bertz CT molecular complexity index is 745. The highest BCUT2D eigenvalue weighted by Gasteiger charge is 2.36. The van der Waals surface area contributed by atoms with Crippen LogP contribution in [-0.4, -0.2) is 41.8 Å². The number of rotatable bonds is 6. The lowest BCUT2D eigenvalue weighted by Gasteiger charge is -2.28. The zero-order valence-electron chi connectivity index (χ0n) is 15.5. The van der Waals surface area contributed by atoms with Crippen molar-refractivity contribution < 1.29 is 9.59 Å². The zero-order valence-corrected chi connectivity index (χ0v) is 15.5. The van der Waals surface area contributed by atoms with Gasteiger partial charge in [-0.05, 0) is 24.5 Å². The summed E-state index contributed by atoms with van der Waals surface area (Å²) in [5, 5.41) is 0. The minimum atomic E-state index is -0.241. The monoisotopic (exact) mass is 350 g/mol. The van der Waals surface area contributed by atoms with Crippen molar-refractivity contribution in [3.8, 4) is 0 Å². The fraction of sp³-hybridized carbons (Fsp3) is 0.364. The smallest absolute Gasteiger partial charge is 0.228 e. The second-order valence-electron chi connectivity index (χ2n) is 7.01. The highest BCUT2D eigenvalue weighted by molar-refractivity contribution is 5.89. The number of nitrogens with zero attached hydrogens (tertiary/aromatic N) is 2. The molecule has 0 spiro atoms. The second-order valence-corrected chi connectivity index (χ2v) is 7.01. The van der Waals surface area contributed by atoms with Gasteiger partial charge in [0.15, 0.2) is 0 Å². The van der Waals surface area contributed by atoms with E-state index in [9.17, 15) is 9.59 Å². The molecule has 1 fully saturated rings. The van der Waals surface area contributed by atoms with Gasteiger partial charge < -0.3 is 9.80 Å². The Kier molecular flexibility index (Phi) is 5.71. The number of hydrogen-bond donors (Lipinski definition) is 0. The van der Waals surface area contributed by atoms with Gasteiger partial charge in [0, 0.05) is 26.6 Å². The molecule has 1 aliphatic rings. The first kappa shape index (κ1) is 18.2. The van der Waals surface area contributed by atoms with Crippen molar-refractivity contribution in [1.29, 1.82) is 0 Å². The molecule has 0 N–H and O–H groups in total. The summed E-state index contributed by atoms with van der Waals surface area (Å²) in [5.41, 5.74) is 2.32. The Balaban J connectivity index is 1.58. The predicted octanol–water partition coefficient (Wildman–Crippen LogP) is 3.30. The van der Waals surface area contributed by atoms with Gasteiger partial charge in [0.1, 0.15) is 0 Å². The van der Waals surface area contributed by atoms with Gasteiger partial charge in [-0.1, -0.05) is 60.7 Å². The molecule has 26 heavy (non-hydrogen) atoms. The molecule has 0 bridgehead atoms. The van der Waals surface area contributed by atoms with Crippen LogP contribution in [0.5, 0.6) is 0 Å². The molecule has 2 unspecified atom stereocenters. The van der Waals surface area contributed by atoms with Crippen molar-refractivity contribution in [2.45, 2.75) is 25.8 Å². The van der Waals surface area contributed by atoms with E-state index in [4.69, 9.17) is 0 Å². The predicted molar refractivity (Wildman–Crippen MR) is 102 cm³/mol. The molecule has 1 saturated heterocycles. The Labute approximate surface area is 155 Å². The zero-order chi connectivity index (χ0) is 18.5. The molecule has 2 aromatic rings. The van der Waals surface area contributed by atoms with Crippen molar-refractivity contribution in [2.75, 3.05) is 20.1 Å². The third-order valence-electron chi connectivity index (χ3n) is 5.29. The number of likely N-dealkylation sites (tertiary alicyclic amines) is 1. The topological polar surface area (TPSA) is 40.6 Å². The van der Waals surface area contributed by atoms with Crippen LogP contribution in [0, 0.1) is 5.92 Å². The Hall–Kier alpha value is -2.62. The van der Waals surface area contributed by atoms with E-state index < -0.39 is 0 Å². The lowest BCUT2D eigenvalue weighted by atomic mass is 10.0. The maximum atomic E-state index is 12.9. The molecule has 3 rings (SSSR count). The van der Waals surface area contributed by atoms with Crippen LogP contribution in [0.2, 0.25) is 0 Å². The number of carbonyl (C=O) groups is 2. The fourth-order valence-corrected chi connectivity index (χ4v) is 3.50. The average Bonchev–Trinajstić information content (AvgIpc) is 3.06. The molecule has 136 valence electrons. The van der Waals surface area contributed by atoms with Crippen molar-refractivity contribution in [2.24, 2.45) is 5.92 Å². The molecule has 4 heteroatoms. The first-order valence-electron chi connectivity index (χ1n) is 9.19. The summed E-state index contributed by atoms with van der Waals surface area (Å²) < 4.78 is 0. The van der Waals surface area contributed by atoms with E-state index in [1.165, 1.54) is 5.56 Å². The first-order chi connectivity index (χ1) is 12.6. The average molecular weight is 350 g/mol. The SMILES string of the molecule is CC(c1ccccc1)N(C)C(=O)C1CC(=O)N(CCc2ccccc2)C1. The van der Waals surface area contributed by atoms with Crippen LogP contribution in [-0.2, 0) is 16.0 Å². The van der Waals surface area contributed by atoms with Crippen LogP contribution in [0.25, 0.3) is 0 Å². The van der Waals surface area contributed by atoms with Crippen LogP contribution in [0.4, 0.5) is 0 Å². The van der Waals surface area contributed by atoms with Gasteiger partial charge in [-0.3, -0.25) is 9.59 Å². The summed E-state index contributed by atoms with van der Waals surface area (Å²) in [4.78, 5) is 28.8. The van der Waals surface area contributed by atoms with Gasteiger partial charge >= 0.3 is 0 Å². The van der Waals surface area contributed by atoms with Crippen LogP contribution in [0.15, 0.2) is 60.7 Å². The number of hydrogen-bond acceptors (Lipinski definition) is 2. The summed E-state index contributed by atoms with van der Waals surface area (Å²) in [6, 6.07) is 20.1. The summed E-state index contributed by atoms with van der Waals surface area (Å²) in [5.74, 6) is -0.105. The van der Waals surface area contributed by atoms with Crippen molar-refractivity contribution >= 4 is 11.8 Å². The van der Waals surface area contributed by atoms with E-state index in [0.717, 1.165) is 12.0 Å². The summed E-state index contributed by atoms with van der Waals surface area (Å²) >= 11 is 0. The summed E-state index contributed by atoms with van der Waals surface area (Å²) in [6.45, 7) is 3.22. The minimum absolute atomic E-state index is 0.00262. The van der Waals surface area contributed by atoms with E-state index in [0.29, 0.717) is 19.5 Å². The highest BCUT2D eigenvalue weighted by atomic mass is 16.2. The maximum Gasteiger partial charge on any atom is 0.228 e. The molecular formula is C22H26N2O2. The van der Waals surface area contributed by atoms with Gasteiger partial charge in [0.2, 0.25) is 11.8 Å².